The zero-order chi connectivity index (χ0) is 18.1. The smallest absolute Gasteiger partial charge is 0.253 e. The molecule has 0 bridgehead atoms. The van der Waals surface area contributed by atoms with E-state index < -0.39 is 0 Å². The summed E-state index contributed by atoms with van der Waals surface area (Å²) in [5.74, 6) is 1.32. The molecule has 2 fully saturated rings. The highest BCUT2D eigenvalue weighted by Crippen LogP contribution is 2.27. The van der Waals surface area contributed by atoms with Gasteiger partial charge in [0, 0.05) is 57.2 Å². The standard InChI is InChI=1S/C20H27N3O3/c1-21-9-11-23(12-10-21)19(24)15-4-7-22(8-5-15)20(25)17-2-3-18-16(14-17)6-13-26-18/h2-3,14-15H,4-13H2,1H3. The number of amides is 2. The van der Waals surface area contributed by atoms with E-state index in [0.29, 0.717) is 19.7 Å². The minimum Gasteiger partial charge on any atom is -0.493 e. The van der Waals surface area contributed by atoms with Crippen LogP contribution in [0.25, 0.3) is 0 Å². The van der Waals surface area contributed by atoms with Crippen LogP contribution in [-0.2, 0) is 11.2 Å². The second kappa shape index (κ2) is 7.27. The average molecular weight is 357 g/mol. The first kappa shape index (κ1) is 17.3. The third-order valence-electron chi connectivity index (χ3n) is 5.88. The number of benzene rings is 1. The molecule has 0 radical (unpaired) electrons. The van der Waals surface area contributed by atoms with Gasteiger partial charge < -0.3 is 19.4 Å². The van der Waals surface area contributed by atoms with Crippen LogP contribution in [0.4, 0.5) is 0 Å². The molecule has 2 saturated heterocycles. The predicted molar refractivity (Wildman–Crippen MR) is 98.3 cm³/mol. The lowest BCUT2D eigenvalue weighted by molar-refractivity contribution is -0.138. The van der Waals surface area contributed by atoms with E-state index in [4.69, 9.17) is 4.74 Å². The van der Waals surface area contributed by atoms with Gasteiger partial charge in [-0.1, -0.05) is 0 Å². The van der Waals surface area contributed by atoms with Gasteiger partial charge in [-0.3, -0.25) is 9.59 Å². The SMILES string of the molecule is CN1CCN(C(=O)C2CCN(C(=O)c3ccc4c(c3)CCO4)CC2)CC1. The number of carbonyl (C=O) groups is 2. The summed E-state index contributed by atoms with van der Waals surface area (Å²) in [6.07, 6.45) is 2.41. The van der Waals surface area contributed by atoms with E-state index in [-0.39, 0.29) is 17.7 Å². The zero-order valence-corrected chi connectivity index (χ0v) is 15.4. The Balaban J connectivity index is 1.33. The van der Waals surface area contributed by atoms with Crippen molar-refractivity contribution in [1.82, 2.24) is 14.7 Å². The number of ether oxygens (including phenoxy) is 1. The molecule has 3 aliphatic rings. The molecule has 0 saturated carbocycles. The van der Waals surface area contributed by atoms with Crippen molar-refractivity contribution in [2.75, 3.05) is 52.9 Å². The molecule has 6 heteroatoms. The molecule has 1 aromatic carbocycles. The van der Waals surface area contributed by atoms with Gasteiger partial charge in [-0.15, -0.1) is 0 Å². The minimum atomic E-state index is 0.0656. The van der Waals surface area contributed by atoms with Gasteiger partial charge in [0.05, 0.1) is 6.61 Å². The van der Waals surface area contributed by atoms with Gasteiger partial charge in [-0.05, 0) is 43.7 Å². The number of nitrogens with zero attached hydrogens (tertiary/aromatic N) is 3. The van der Waals surface area contributed by atoms with Crippen molar-refractivity contribution < 1.29 is 14.3 Å². The predicted octanol–water partition coefficient (Wildman–Crippen LogP) is 1.25. The van der Waals surface area contributed by atoms with E-state index in [1.54, 1.807) is 0 Å². The summed E-state index contributed by atoms with van der Waals surface area (Å²) in [7, 11) is 2.09. The highest BCUT2D eigenvalue weighted by atomic mass is 16.5. The van der Waals surface area contributed by atoms with Crippen molar-refractivity contribution in [3.05, 3.63) is 29.3 Å². The van der Waals surface area contributed by atoms with Gasteiger partial charge in [0.2, 0.25) is 5.91 Å². The van der Waals surface area contributed by atoms with Crippen molar-refractivity contribution in [1.29, 1.82) is 0 Å². The maximum atomic E-state index is 12.8. The van der Waals surface area contributed by atoms with Crippen molar-refractivity contribution in [3.63, 3.8) is 0 Å². The van der Waals surface area contributed by atoms with E-state index in [0.717, 1.165) is 62.3 Å². The molecular weight excluding hydrogens is 330 g/mol. The second-order valence-corrected chi connectivity index (χ2v) is 7.62. The summed E-state index contributed by atoms with van der Waals surface area (Å²) in [6, 6.07) is 5.72. The number of piperazine rings is 1. The number of likely N-dealkylation sites (tertiary alicyclic amines) is 1. The summed E-state index contributed by atoms with van der Waals surface area (Å²) in [6.45, 7) is 5.58. The Bertz CT molecular complexity index is 690. The van der Waals surface area contributed by atoms with Crippen LogP contribution in [0.5, 0.6) is 5.75 Å². The molecule has 2 amide bonds. The summed E-state index contributed by atoms with van der Waals surface area (Å²) in [5.41, 5.74) is 1.86. The van der Waals surface area contributed by atoms with Gasteiger partial charge in [-0.25, -0.2) is 0 Å². The van der Waals surface area contributed by atoms with Crippen molar-refractivity contribution in [2.45, 2.75) is 19.3 Å². The second-order valence-electron chi connectivity index (χ2n) is 7.62. The third kappa shape index (κ3) is 3.43. The molecule has 26 heavy (non-hydrogen) atoms. The first-order valence-electron chi connectivity index (χ1n) is 9.64. The summed E-state index contributed by atoms with van der Waals surface area (Å²) in [4.78, 5) is 31.7. The highest BCUT2D eigenvalue weighted by molar-refractivity contribution is 5.95. The molecule has 0 N–H and O–H groups in total. The maximum Gasteiger partial charge on any atom is 0.253 e. The molecule has 0 aromatic heterocycles. The summed E-state index contributed by atoms with van der Waals surface area (Å²) < 4.78 is 5.51. The van der Waals surface area contributed by atoms with Crippen LogP contribution < -0.4 is 4.74 Å². The molecular formula is C20H27N3O3. The van der Waals surface area contributed by atoms with E-state index in [9.17, 15) is 9.59 Å². The lowest BCUT2D eigenvalue weighted by Gasteiger charge is -2.37. The van der Waals surface area contributed by atoms with Crippen molar-refractivity contribution in [3.8, 4) is 5.75 Å². The number of piperidine rings is 1. The Kier molecular flexibility index (Phi) is 4.85. The van der Waals surface area contributed by atoms with Crippen LogP contribution in [0, 0.1) is 5.92 Å². The Morgan fingerprint density at radius 3 is 2.46 bits per heavy atom. The molecule has 3 heterocycles. The number of carbonyl (C=O) groups excluding carboxylic acids is 2. The summed E-state index contributed by atoms with van der Waals surface area (Å²) in [5, 5.41) is 0. The molecule has 1 aromatic rings. The van der Waals surface area contributed by atoms with Crippen LogP contribution in [0.15, 0.2) is 18.2 Å². The Labute approximate surface area is 154 Å². The molecule has 140 valence electrons. The number of likely N-dealkylation sites (N-methyl/N-ethyl adjacent to an activating group) is 1. The van der Waals surface area contributed by atoms with Gasteiger partial charge >= 0.3 is 0 Å². The van der Waals surface area contributed by atoms with Crippen molar-refractivity contribution >= 4 is 11.8 Å². The van der Waals surface area contributed by atoms with E-state index in [1.165, 1.54) is 0 Å². The average Bonchev–Trinajstić information content (AvgIpc) is 3.15. The first-order chi connectivity index (χ1) is 12.6. The van der Waals surface area contributed by atoms with Crippen LogP contribution >= 0.6 is 0 Å². The summed E-state index contributed by atoms with van der Waals surface area (Å²) >= 11 is 0. The minimum absolute atomic E-state index is 0.0656. The van der Waals surface area contributed by atoms with Crippen LogP contribution in [0.2, 0.25) is 0 Å². The van der Waals surface area contributed by atoms with Gasteiger partial charge in [-0.2, -0.15) is 0 Å². The Hall–Kier alpha value is -2.08. The van der Waals surface area contributed by atoms with Gasteiger partial charge in [0.25, 0.3) is 5.91 Å². The van der Waals surface area contributed by atoms with Gasteiger partial charge in [0.15, 0.2) is 0 Å². The monoisotopic (exact) mass is 357 g/mol. The van der Waals surface area contributed by atoms with E-state index >= 15 is 0 Å². The van der Waals surface area contributed by atoms with Crippen molar-refractivity contribution in [2.24, 2.45) is 5.92 Å². The lowest BCUT2D eigenvalue weighted by atomic mass is 9.94. The fourth-order valence-electron chi connectivity index (χ4n) is 4.12. The first-order valence-corrected chi connectivity index (χ1v) is 9.64. The quantitative estimate of drug-likeness (QED) is 0.799. The topological polar surface area (TPSA) is 53.1 Å². The van der Waals surface area contributed by atoms with Crippen LogP contribution in [0.3, 0.4) is 0 Å². The number of fused-ring (bicyclic) bond motifs is 1. The van der Waals surface area contributed by atoms with Crippen LogP contribution in [0.1, 0.15) is 28.8 Å². The van der Waals surface area contributed by atoms with Crippen LogP contribution in [-0.4, -0.2) is 79.4 Å². The molecule has 0 unspecified atom stereocenters. The third-order valence-corrected chi connectivity index (χ3v) is 5.88. The molecule has 0 aliphatic carbocycles. The fraction of sp³-hybridized carbons (Fsp3) is 0.600. The lowest BCUT2D eigenvalue weighted by Crippen LogP contribution is -2.51. The molecule has 6 nitrogen and oxygen atoms in total. The number of hydrogen-bond acceptors (Lipinski definition) is 4. The Morgan fingerprint density at radius 2 is 1.73 bits per heavy atom. The Morgan fingerprint density at radius 1 is 1.00 bits per heavy atom. The molecule has 3 aliphatic heterocycles. The van der Waals surface area contributed by atoms with E-state index in [2.05, 4.69) is 11.9 Å². The zero-order valence-electron chi connectivity index (χ0n) is 15.4. The molecule has 0 atom stereocenters. The van der Waals surface area contributed by atoms with Gasteiger partial charge in [0.1, 0.15) is 5.75 Å². The highest BCUT2D eigenvalue weighted by Gasteiger charge is 2.31. The molecule has 4 rings (SSSR count). The molecule has 0 spiro atoms. The number of rotatable bonds is 2. The normalized spacial score (nSPS) is 21.4. The largest absolute Gasteiger partial charge is 0.493 e. The number of hydrogen-bond donors (Lipinski definition) is 0. The van der Waals surface area contributed by atoms with E-state index in [1.807, 2.05) is 28.0 Å². The maximum absolute atomic E-state index is 12.8. The fourth-order valence-corrected chi connectivity index (χ4v) is 4.12.